The molecule has 0 heterocycles. The lowest BCUT2D eigenvalue weighted by Crippen LogP contribution is -2.37. The van der Waals surface area contributed by atoms with Crippen molar-refractivity contribution in [2.45, 2.75) is 36.2 Å². The summed E-state index contributed by atoms with van der Waals surface area (Å²) in [6.45, 7) is 3.27. The van der Waals surface area contributed by atoms with Crippen LogP contribution in [0, 0.1) is 13.8 Å². The molecule has 9 heteroatoms. The minimum atomic E-state index is -4.93. The fraction of sp³-hybridized carbons (Fsp3) is 0.316. The first-order valence-corrected chi connectivity index (χ1v) is 9.80. The van der Waals surface area contributed by atoms with Gasteiger partial charge in [0, 0.05) is 12.1 Å². The van der Waals surface area contributed by atoms with E-state index in [1.54, 1.807) is 18.3 Å². The second-order valence-corrected chi connectivity index (χ2v) is 8.11. The highest BCUT2D eigenvalue weighted by Crippen LogP contribution is 2.32. The average Bonchev–Trinajstić information content (AvgIpc) is 2.61. The van der Waals surface area contributed by atoms with Gasteiger partial charge in [-0.25, -0.2) is 8.42 Å². The standard InChI is InChI=1S/C19H20F3NO4S/c1-12-4-9-16(13(2)17(12)27-3)28(25,26)15-7-5-14(6-8-15)10-11-23-18(24)19(20,21)22/h4-9H,10-11H2,1-3H3,(H,23,24). The number of alkyl halides is 3. The molecule has 28 heavy (non-hydrogen) atoms. The molecule has 0 spiro atoms. The van der Waals surface area contributed by atoms with Crippen LogP contribution in [-0.4, -0.2) is 34.2 Å². The summed E-state index contributed by atoms with van der Waals surface area (Å²) in [4.78, 5) is 11.0. The Morgan fingerprint density at radius 1 is 1.07 bits per heavy atom. The normalized spacial score (nSPS) is 11.9. The van der Waals surface area contributed by atoms with Gasteiger partial charge in [0.05, 0.1) is 16.9 Å². The van der Waals surface area contributed by atoms with Crippen molar-refractivity contribution in [1.29, 1.82) is 0 Å². The first-order valence-electron chi connectivity index (χ1n) is 8.31. The van der Waals surface area contributed by atoms with Crippen LogP contribution in [0.2, 0.25) is 0 Å². The Morgan fingerprint density at radius 3 is 2.21 bits per heavy atom. The molecule has 152 valence electrons. The monoisotopic (exact) mass is 415 g/mol. The second kappa shape index (κ2) is 8.22. The lowest BCUT2D eigenvalue weighted by atomic mass is 10.1. The molecule has 2 aromatic carbocycles. The molecule has 5 nitrogen and oxygen atoms in total. The van der Waals surface area contributed by atoms with E-state index in [0.717, 1.165) is 5.56 Å². The van der Waals surface area contributed by atoms with Gasteiger partial charge in [-0.1, -0.05) is 18.2 Å². The van der Waals surface area contributed by atoms with Gasteiger partial charge in [-0.05, 0) is 49.6 Å². The van der Waals surface area contributed by atoms with Crippen molar-refractivity contribution in [2.24, 2.45) is 0 Å². The quantitative estimate of drug-likeness (QED) is 0.785. The number of aryl methyl sites for hydroxylation is 1. The summed E-state index contributed by atoms with van der Waals surface area (Å²) in [5.41, 5.74) is 1.91. The van der Waals surface area contributed by atoms with E-state index in [2.05, 4.69) is 0 Å². The molecule has 1 amide bonds. The topological polar surface area (TPSA) is 72.5 Å². The Bertz CT molecular complexity index is 968. The van der Waals surface area contributed by atoms with E-state index in [-0.39, 0.29) is 22.8 Å². The van der Waals surface area contributed by atoms with Gasteiger partial charge in [0.25, 0.3) is 0 Å². The molecule has 0 aliphatic carbocycles. The number of rotatable bonds is 6. The van der Waals surface area contributed by atoms with Gasteiger partial charge >= 0.3 is 12.1 Å². The summed E-state index contributed by atoms with van der Waals surface area (Å²) in [5, 5.41) is 1.77. The number of benzene rings is 2. The Hall–Kier alpha value is -2.55. The van der Waals surface area contributed by atoms with Crippen LogP contribution in [0.25, 0.3) is 0 Å². The van der Waals surface area contributed by atoms with Gasteiger partial charge in [-0.3, -0.25) is 4.79 Å². The molecule has 0 bridgehead atoms. The number of hydrogen-bond donors (Lipinski definition) is 1. The third kappa shape index (κ3) is 4.64. The van der Waals surface area contributed by atoms with Crippen LogP contribution in [0.5, 0.6) is 5.75 Å². The van der Waals surface area contributed by atoms with Crippen LogP contribution in [0.15, 0.2) is 46.2 Å². The van der Waals surface area contributed by atoms with Gasteiger partial charge < -0.3 is 10.1 Å². The zero-order valence-corrected chi connectivity index (χ0v) is 16.4. The summed E-state index contributed by atoms with van der Waals surface area (Å²) >= 11 is 0. The maximum absolute atomic E-state index is 12.9. The summed E-state index contributed by atoms with van der Waals surface area (Å²) in [7, 11) is -2.32. The van der Waals surface area contributed by atoms with Gasteiger partial charge in [-0.15, -0.1) is 0 Å². The lowest BCUT2D eigenvalue weighted by molar-refractivity contribution is -0.173. The van der Waals surface area contributed by atoms with E-state index in [4.69, 9.17) is 4.74 Å². The molecule has 0 aromatic heterocycles. The van der Waals surface area contributed by atoms with Crippen LogP contribution in [0.3, 0.4) is 0 Å². The number of carbonyl (C=O) groups is 1. The van der Waals surface area contributed by atoms with Gasteiger partial charge in [0.15, 0.2) is 0 Å². The van der Waals surface area contributed by atoms with Crippen molar-refractivity contribution in [2.75, 3.05) is 13.7 Å². The summed E-state index contributed by atoms with van der Waals surface area (Å²) in [5.74, 6) is -1.51. The Labute approximate surface area is 161 Å². The van der Waals surface area contributed by atoms with Crippen LogP contribution >= 0.6 is 0 Å². The van der Waals surface area contributed by atoms with Crippen molar-refractivity contribution in [3.8, 4) is 5.75 Å². The largest absolute Gasteiger partial charge is 0.496 e. The summed E-state index contributed by atoms with van der Waals surface area (Å²) < 4.78 is 67.6. The van der Waals surface area contributed by atoms with E-state index in [9.17, 15) is 26.4 Å². The van der Waals surface area contributed by atoms with E-state index >= 15 is 0 Å². The molecule has 2 aromatic rings. The molecular weight excluding hydrogens is 395 g/mol. The SMILES string of the molecule is COc1c(C)ccc(S(=O)(=O)c2ccc(CCNC(=O)C(F)(F)F)cc2)c1C. The van der Waals surface area contributed by atoms with E-state index in [1.165, 1.54) is 37.4 Å². The smallest absolute Gasteiger partial charge is 0.471 e. The minimum Gasteiger partial charge on any atom is -0.496 e. The molecule has 0 unspecified atom stereocenters. The Kier molecular flexibility index (Phi) is 6.38. The highest BCUT2D eigenvalue weighted by Gasteiger charge is 2.38. The Morgan fingerprint density at radius 2 is 1.68 bits per heavy atom. The molecule has 0 aliphatic rings. The molecule has 2 rings (SSSR count). The van der Waals surface area contributed by atoms with Gasteiger partial charge in [0.2, 0.25) is 9.84 Å². The lowest BCUT2D eigenvalue weighted by Gasteiger charge is -2.14. The number of carbonyl (C=O) groups excluding carboxylic acids is 1. The molecule has 0 fully saturated rings. The Balaban J connectivity index is 2.18. The van der Waals surface area contributed by atoms with Crippen LogP contribution in [0.1, 0.15) is 16.7 Å². The second-order valence-electron chi connectivity index (χ2n) is 6.19. The van der Waals surface area contributed by atoms with Crippen molar-refractivity contribution in [1.82, 2.24) is 5.32 Å². The number of sulfone groups is 1. The van der Waals surface area contributed by atoms with Crippen molar-refractivity contribution in [3.63, 3.8) is 0 Å². The zero-order chi connectivity index (χ0) is 21.1. The van der Waals surface area contributed by atoms with E-state index in [1.807, 2.05) is 6.92 Å². The van der Waals surface area contributed by atoms with Crippen LogP contribution in [-0.2, 0) is 21.1 Å². The van der Waals surface area contributed by atoms with Crippen molar-refractivity contribution >= 4 is 15.7 Å². The van der Waals surface area contributed by atoms with Crippen LogP contribution in [0.4, 0.5) is 13.2 Å². The third-order valence-corrected chi connectivity index (χ3v) is 6.15. The zero-order valence-electron chi connectivity index (χ0n) is 15.6. The predicted octanol–water partition coefficient (Wildman–Crippen LogP) is 3.37. The maximum Gasteiger partial charge on any atom is 0.471 e. The van der Waals surface area contributed by atoms with E-state index in [0.29, 0.717) is 16.9 Å². The summed E-state index contributed by atoms with van der Waals surface area (Å²) in [6.07, 6.45) is -4.79. The highest BCUT2D eigenvalue weighted by atomic mass is 32.2. The average molecular weight is 415 g/mol. The summed E-state index contributed by atoms with van der Waals surface area (Å²) in [6, 6.07) is 8.98. The number of halogens is 3. The van der Waals surface area contributed by atoms with E-state index < -0.39 is 21.9 Å². The fourth-order valence-corrected chi connectivity index (χ4v) is 4.29. The predicted molar refractivity (Wildman–Crippen MR) is 97.1 cm³/mol. The highest BCUT2D eigenvalue weighted by molar-refractivity contribution is 7.91. The van der Waals surface area contributed by atoms with Crippen molar-refractivity contribution in [3.05, 3.63) is 53.1 Å². The number of methoxy groups -OCH3 is 1. The number of nitrogens with one attached hydrogen (secondary N) is 1. The van der Waals surface area contributed by atoms with Gasteiger partial charge in [0.1, 0.15) is 5.75 Å². The molecule has 0 saturated heterocycles. The molecule has 0 atom stereocenters. The van der Waals surface area contributed by atoms with Crippen molar-refractivity contribution < 1.29 is 31.1 Å². The third-order valence-electron chi connectivity index (χ3n) is 4.24. The molecule has 0 radical (unpaired) electrons. The maximum atomic E-state index is 12.9. The molecule has 0 saturated carbocycles. The number of ether oxygens (including phenoxy) is 1. The fourth-order valence-electron chi connectivity index (χ4n) is 2.80. The number of hydrogen-bond acceptors (Lipinski definition) is 4. The van der Waals surface area contributed by atoms with Crippen LogP contribution < -0.4 is 10.1 Å². The molecular formula is C19H20F3NO4S. The first-order chi connectivity index (χ1) is 13.0. The number of amides is 1. The molecule has 1 N–H and O–H groups in total. The molecule has 0 aliphatic heterocycles. The van der Waals surface area contributed by atoms with Gasteiger partial charge in [-0.2, -0.15) is 13.2 Å². The minimum absolute atomic E-state index is 0.0598. The first kappa shape index (κ1) is 21.7.